The first kappa shape index (κ1) is 23.6. The zero-order valence-electron chi connectivity index (χ0n) is 20.5. The van der Waals surface area contributed by atoms with Crippen molar-refractivity contribution in [1.82, 2.24) is 4.31 Å². The summed E-state index contributed by atoms with van der Waals surface area (Å²) in [5.41, 5.74) is 2.93. The highest BCUT2D eigenvalue weighted by Crippen LogP contribution is 2.66. The van der Waals surface area contributed by atoms with Crippen LogP contribution >= 0.6 is 0 Å². The predicted molar refractivity (Wildman–Crippen MR) is 135 cm³/mol. The molecule has 4 saturated carbocycles. The van der Waals surface area contributed by atoms with E-state index in [9.17, 15) is 13.2 Å². The third kappa shape index (κ3) is 3.89. The number of nitrogens with zero attached hydrogens (tertiary/aromatic N) is 1. The molecule has 2 aromatic carbocycles. The highest BCUT2D eigenvalue weighted by Gasteiger charge is 2.60. The summed E-state index contributed by atoms with van der Waals surface area (Å²) >= 11 is 0. The molecule has 4 aliphatic carbocycles. The van der Waals surface area contributed by atoms with Crippen LogP contribution in [0, 0.1) is 24.2 Å². The molecule has 34 heavy (non-hydrogen) atoms. The molecule has 0 aliphatic heterocycles. The van der Waals surface area contributed by atoms with Gasteiger partial charge >= 0.3 is 0 Å². The van der Waals surface area contributed by atoms with Crippen molar-refractivity contribution in [2.75, 3.05) is 18.4 Å². The van der Waals surface area contributed by atoms with Crippen LogP contribution in [0.4, 0.5) is 5.69 Å². The Morgan fingerprint density at radius 2 is 1.65 bits per heavy atom. The predicted octanol–water partition coefficient (Wildman–Crippen LogP) is 5.50. The third-order valence-corrected chi connectivity index (χ3v) is 10.7. The molecule has 2 aromatic rings. The van der Waals surface area contributed by atoms with Crippen LogP contribution in [-0.2, 0) is 20.2 Å². The van der Waals surface area contributed by atoms with E-state index in [0.717, 1.165) is 19.3 Å². The molecule has 6 rings (SSSR count). The summed E-state index contributed by atoms with van der Waals surface area (Å²) in [6.45, 7) is 6.63. The summed E-state index contributed by atoms with van der Waals surface area (Å²) in [6.07, 6.45) is 6.37. The van der Waals surface area contributed by atoms with Gasteiger partial charge in [-0.05, 0) is 86.5 Å². The number of amides is 1. The smallest absolute Gasteiger partial charge is 0.243 e. The first-order valence-electron chi connectivity index (χ1n) is 12.7. The topological polar surface area (TPSA) is 66.5 Å². The number of carbonyl (C=O) groups excluding carboxylic acids is 1. The van der Waals surface area contributed by atoms with E-state index in [4.69, 9.17) is 0 Å². The first-order chi connectivity index (χ1) is 16.2. The van der Waals surface area contributed by atoms with E-state index in [1.54, 1.807) is 24.3 Å². The van der Waals surface area contributed by atoms with Crippen molar-refractivity contribution < 1.29 is 13.2 Å². The summed E-state index contributed by atoms with van der Waals surface area (Å²) in [5.74, 6) is 1.24. The second-order valence-electron chi connectivity index (χ2n) is 11.0. The summed E-state index contributed by atoms with van der Waals surface area (Å²) in [6, 6.07) is 15.7. The standard InChI is InChI=1S/C28H36N2O3S/c1-4-30(5-2)34(32,33)25-8-6-7-24(14-25)29-26(31)28-17-21-13-22(18-28)16-27(15-21,19-28)23-11-9-20(3)10-12-23/h6-12,14,21-22H,4-5,13,15-19H2,1-3H3,(H,29,31). The van der Waals surface area contributed by atoms with E-state index in [-0.39, 0.29) is 21.6 Å². The third-order valence-electron chi connectivity index (χ3n) is 8.64. The average molecular weight is 481 g/mol. The lowest BCUT2D eigenvalue weighted by Crippen LogP contribution is -2.58. The molecular weight excluding hydrogens is 444 g/mol. The van der Waals surface area contributed by atoms with Gasteiger partial charge < -0.3 is 5.32 Å². The maximum absolute atomic E-state index is 13.8. The molecule has 4 bridgehead atoms. The van der Waals surface area contributed by atoms with E-state index >= 15 is 0 Å². The minimum Gasteiger partial charge on any atom is -0.326 e. The molecule has 182 valence electrons. The number of anilines is 1. The Morgan fingerprint density at radius 1 is 1.00 bits per heavy atom. The van der Waals surface area contributed by atoms with Gasteiger partial charge in [0.1, 0.15) is 0 Å². The second-order valence-corrected chi connectivity index (χ2v) is 12.9. The molecule has 2 unspecified atom stereocenters. The summed E-state index contributed by atoms with van der Waals surface area (Å²) in [4.78, 5) is 14.1. The maximum Gasteiger partial charge on any atom is 0.243 e. The number of rotatable bonds is 7. The number of hydrogen-bond acceptors (Lipinski definition) is 3. The number of nitrogens with one attached hydrogen (secondary N) is 1. The number of benzene rings is 2. The molecule has 2 atom stereocenters. The normalized spacial score (nSPS) is 30.0. The summed E-state index contributed by atoms with van der Waals surface area (Å²) < 4.78 is 27.4. The van der Waals surface area contributed by atoms with Crippen LogP contribution in [0.3, 0.4) is 0 Å². The average Bonchev–Trinajstić information content (AvgIpc) is 2.79. The van der Waals surface area contributed by atoms with Gasteiger partial charge in [-0.1, -0.05) is 49.7 Å². The van der Waals surface area contributed by atoms with Crippen LogP contribution in [-0.4, -0.2) is 31.7 Å². The highest BCUT2D eigenvalue weighted by molar-refractivity contribution is 7.89. The van der Waals surface area contributed by atoms with Gasteiger partial charge in [0, 0.05) is 18.8 Å². The Kier molecular flexibility index (Phi) is 5.88. The lowest BCUT2D eigenvalue weighted by atomic mass is 9.42. The van der Waals surface area contributed by atoms with E-state index in [0.29, 0.717) is 30.6 Å². The monoisotopic (exact) mass is 480 g/mol. The first-order valence-corrected chi connectivity index (χ1v) is 14.1. The summed E-state index contributed by atoms with van der Waals surface area (Å²) in [5, 5.41) is 3.14. The van der Waals surface area contributed by atoms with Gasteiger partial charge in [0.15, 0.2) is 0 Å². The fourth-order valence-corrected chi connectivity index (χ4v) is 8.99. The molecule has 0 saturated heterocycles. The molecule has 5 nitrogen and oxygen atoms in total. The van der Waals surface area contributed by atoms with Crippen LogP contribution in [0.5, 0.6) is 0 Å². The minimum absolute atomic E-state index is 0.0653. The Morgan fingerprint density at radius 3 is 2.26 bits per heavy atom. The largest absolute Gasteiger partial charge is 0.326 e. The highest BCUT2D eigenvalue weighted by atomic mass is 32.2. The van der Waals surface area contributed by atoms with E-state index < -0.39 is 10.0 Å². The van der Waals surface area contributed by atoms with Crippen molar-refractivity contribution >= 4 is 21.6 Å². The number of aryl methyl sites for hydroxylation is 1. The number of carbonyl (C=O) groups is 1. The molecule has 0 aromatic heterocycles. The van der Waals surface area contributed by atoms with Crippen molar-refractivity contribution in [3.63, 3.8) is 0 Å². The van der Waals surface area contributed by atoms with Gasteiger partial charge in [-0.2, -0.15) is 4.31 Å². The van der Waals surface area contributed by atoms with Crippen LogP contribution in [0.25, 0.3) is 0 Å². The Labute approximate surface area is 204 Å². The Balaban J connectivity index is 1.42. The SMILES string of the molecule is CCN(CC)S(=O)(=O)c1cccc(NC(=O)C23CC4CC(C2)CC(c2ccc(C)cc2)(C4)C3)c1. The molecule has 4 aliphatic rings. The van der Waals surface area contributed by atoms with Crippen LogP contribution < -0.4 is 5.32 Å². The summed E-state index contributed by atoms with van der Waals surface area (Å²) in [7, 11) is -3.57. The maximum atomic E-state index is 13.8. The molecule has 0 spiro atoms. The molecule has 1 amide bonds. The Bertz CT molecular complexity index is 1170. The van der Waals surface area contributed by atoms with Crippen molar-refractivity contribution in [2.24, 2.45) is 17.3 Å². The minimum atomic E-state index is -3.57. The van der Waals surface area contributed by atoms with E-state index in [1.807, 2.05) is 13.8 Å². The van der Waals surface area contributed by atoms with Crippen molar-refractivity contribution in [3.05, 3.63) is 59.7 Å². The fourth-order valence-electron chi connectivity index (χ4n) is 7.48. The van der Waals surface area contributed by atoms with Gasteiger partial charge in [0.05, 0.1) is 10.3 Å². The number of sulfonamides is 1. The molecule has 1 N–H and O–H groups in total. The molecule has 0 radical (unpaired) electrons. The van der Waals surface area contributed by atoms with Crippen LogP contribution in [0.1, 0.15) is 63.5 Å². The molecular formula is C28H36N2O3S. The molecule has 0 heterocycles. The lowest BCUT2D eigenvalue weighted by Gasteiger charge is -2.61. The van der Waals surface area contributed by atoms with Crippen molar-refractivity contribution in [3.8, 4) is 0 Å². The van der Waals surface area contributed by atoms with Gasteiger partial charge in [0.25, 0.3) is 0 Å². The van der Waals surface area contributed by atoms with Crippen molar-refractivity contribution in [2.45, 2.75) is 69.6 Å². The Hall–Kier alpha value is -2.18. The zero-order chi connectivity index (χ0) is 24.1. The lowest BCUT2D eigenvalue weighted by molar-refractivity contribution is -0.143. The van der Waals surface area contributed by atoms with Crippen molar-refractivity contribution in [1.29, 1.82) is 0 Å². The zero-order valence-corrected chi connectivity index (χ0v) is 21.3. The molecule has 4 fully saturated rings. The van der Waals surface area contributed by atoms with Gasteiger partial charge in [-0.25, -0.2) is 8.42 Å². The van der Waals surface area contributed by atoms with Gasteiger partial charge in [-0.15, -0.1) is 0 Å². The second kappa shape index (κ2) is 8.49. The van der Waals surface area contributed by atoms with Gasteiger partial charge in [0.2, 0.25) is 15.9 Å². The quantitative estimate of drug-likeness (QED) is 0.569. The molecule has 6 heteroatoms. The van der Waals surface area contributed by atoms with E-state index in [1.165, 1.54) is 34.7 Å². The van der Waals surface area contributed by atoms with Crippen LogP contribution in [0.15, 0.2) is 53.4 Å². The van der Waals surface area contributed by atoms with Gasteiger partial charge in [-0.3, -0.25) is 4.79 Å². The van der Waals surface area contributed by atoms with Crippen LogP contribution in [0.2, 0.25) is 0 Å². The van der Waals surface area contributed by atoms with E-state index in [2.05, 4.69) is 36.5 Å². The fraction of sp³-hybridized carbons (Fsp3) is 0.536. The number of hydrogen-bond donors (Lipinski definition) is 1.